The lowest BCUT2D eigenvalue weighted by atomic mass is 9.42. The number of nitriles is 1. The topological polar surface area (TPSA) is 75.0 Å². The van der Waals surface area contributed by atoms with Crippen LogP contribution in [0.25, 0.3) is 0 Å². The van der Waals surface area contributed by atoms with E-state index in [0.717, 1.165) is 44.1 Å². The van der Waals surface area contributed by atoms with Gasteiger partial charge in [-0.25, -0.2) is 0 Å². The summed E-state index contributed by atoms with van der Waals surface area (Å²) in [4.78, 5) is 38.8. The number of rotatable bonds is 6. The molecule has 210 valence electrons. The number of nitrogens with zero attached hydrogens (tertiary/aromatic N) is 1. The van der Waals surface area contributed by atoms with E-state index in [0.29, 0.717) is 6.42 Å². The molecule has 0 spiro atoms. The molecule has 38 heavy (non-hydrogen) atoms. The van der Waals surface area contributed by atoms with Crippen molar-refractivity contribution in [1.29, 1.82) is 5.26 Å². The number of hydrogen-bond donors (Lipinski definition) is 0. The van der Waals surface area contributed by atoms with E-state index in [1.807, 2.05) is 19.9 Å². The summed E-state index contributed by atoms with van der Waals surface area (Å²) in [7, 11) is 0. The molecule has 0 aromatic rings. The van der Waals surface area contributed by atoms with Crippen LogP contribution in [0, 0.1) is 55.7 Å². The number of ketones is 2. The second-order valence-corrected chi connectivity index (χ2v) is 15.5. The van der Waals surface area contributed by atoms with Crippen LogP contribution in [-0.4, -0.2) is 16.8 Å². The molecule has 0 N–H and O–H groups in total. The highest BCUT2D eigenvalue weighted by atomic mass is 35.5. The van der Waals surface area contributed by atoms with E-state index in [1.54, 1.807) is 13.0 Å². The number of hydrogen-bond acceptors (Lipinski definition) is 4. The van der Waals surface area contributed by atoms with Gasteiger partial charge in [-0.3, -0.25) is 14.4 Å². The summed E-state index contributed by atoms with van der Waals surface area (Å²) in [5.74, 6) is 0.0578. The first kappa shape index (κ1) is 30.8. The molecule has 0 bridgehead atoms. The minimum absolute atomic E-state index is 0.00886. The Hall–Kier alpha value is -1.73. The van der Waals surface area contributed by atoms with Crippen LogP contribution < -0.4 is 0 Å². The largest absolute Gasteiger partial charge is 0.295 e. The smallest absolute Gasteiger partial charge is 0.228 e. The predicted octanol–water partition coefficient (Wildman–Crippen LogP) is 8.39. The zero-order valence-electron chi connectivity index (χ0n) is 25.3. The highest BCUT2D eigenvalue weighted by Crippen LogP contribution is 2.67. The number of carbonyl (C=O) groups is 3. The van der Waals surface area contributed by atoms with E-state index in [-0.39, 0.29) is 50.5 Å². The van der Waals surface area contributed by atoms with E-state index >= 15 is 0 Å². The molecular formula is C33H48ClNO3. The monoisotopic (exact) mass is 541 g/mol. The fourth-order valence-electron chi connectivity index (χ4n) is 8.62. The molecule has 2 fully saturated rings. The maximum absolute atomic E-state index is 13.2. The Morgan fingerprint density at radius 1 is 1.13 bits per heavy atom. The van der Waals surface area contributed by atoms with E-state index in [9.17, 15) is 19.6 Å². The van der Waals surface area contributed by atoms with Crippen LogP contribution >= 0.6 is 11.6 Å². The molecule has 1 unspecified atom stereocenters. The summed E-state index contributed by atoms with van der Waals surface area (Å²) in [6.45, 7) is 21.1. The molecule has 0 aromatic carbocycles. The molecule has 0 saturated heterocycles. The Kier molecular flexibility index (Phi) is 7.88. The SMILES string of the molecule is CC(=O)/C=C1/[C@@]2(C)C=C(C#N)C(=O)C(C)(C)[C@@H]2CC[C@@]1(C)C(C)(C)CC[C@@]1(C(=O)Cl)CCC(C)(C)CC1C. The van der Waals surface area contributed by atoms with E-state index in [4.69, 9.17) is 11.6 Å². The zero-order valence-corrected chi connectivity index (χ0v) is 26.1. The third kappa shape index (κ3) is 4.76. The Bertz CT molecular complexity index is 1140. The fourth-order valence-corrected chi connectivity index (χ4v) is 9.00. The highest BCUT2D eigenvalue weighted by molar-refractivity contribution is 6.64. The molecule has 0 aromatic heterocycles. The van der Waals surface area contributed by atoms with E-state index in [2.05, 4.69) is 54.5 Å². The van der Waals surface area contributed by atoms with Crippen molar-refractivity contribution >= 4 is 28.4 Å². The first-order chi connectivity index (χ1) is 17.2. The van der Waals surface area contributed by atoms with Crippen molar-refractivity contribution in [1.82, 2.24) is 0 Å². The Balaban J connectivity index is 2.08. The quantitative estimate of drug-likeness (QED) is 0.250. The van der Waals surface area contributed by atoms with Crippen molar-refractivity contribution in [2.45, 2.75) is 114 Å². The number of allylic oxidation sites excluding steroid dienone is 4. The normalized spacial score (nSPS) is 37.7. The van der Waals surface area contributed by atoms with Crippen molar-refractivity contribution in [3.05, 3.63) is 23.3 Å². The summed E-state index contributed by atoms with van der Waals surface area (Å²) < 4.78 is 0. The second kappa shape index (κ2) is 9.72. The predicted molar refractivity (Wildman–Crippen MR) is 153 cm³/mol. The van der Waals surface area contributed by atoms with Gasteiger partial charge in [-0.15, -0.1) is 0 Å². The summed E-state index contributed by atoms with van der Waals surface area (Å²) in [5.41, 5.74) is -1.06. The van der Waals surface area contributed by atoms with Crippen molar-refractivity contribution in [3.8, 4) is 6.07 Å². The summed E-state index contributed by atoms with van der Waals surface area (Å²) in [6, 6.07) is 2.15. The van der Waals surface area contributed by atoms with Crippen LogP contribution in [0.15, 0.2) is 23.3 Å². The molecule has 0 heterocycles. The highest BCUT2D eigenvalue weighted by Gasteiger charge is 2.61. The summed E-state index contributed by atoms with van der Waals surface area (Å²) in [5, 5.41) is 9.64. The fraction of sp³-hybridized carbons (Fsp3) is 0.758. The van der Waals surface area contributed by atoms with Gasteiger partial charge in [0.2, 0.25) is 5.24 Å². The maximum atomic E-state index is 13.2. The van der Waals surface area contributed by atoms with Gasteiger partial charge in [0, 0.05) is 16.2 Å². The molecule has 0 aliphatic heterocycles. The maximum Gasteiger partial charge on any atom is 0.228 e. The molecule has 0 radical (unpaired) electrons. The van der Waals surface area contributed by atoms with Crippen molar-refractivity contribution < 1.29 is 14.4 Å². The van der Waals surface area contributed by atoms with Gasteiger partial charge < -0.3 is 0 Å². The molecule has 3 aliphatic rings. The molecule has 2 saturated carbocycles. The molecule has 5 atom stereocenters. The number of halogens is 1. The van der Waals surface area contributed by atoms with Gasteiger partial charge in [-0.2, -0.15) is 5.26 Å². The van der Waals surface area contributed by atoms with Crippen LogP contribution in [0.1, 0.15) is 114 Å². The Labute approximate surface area is 235 Å². The lowest BCUT2D eigenvalue weighted by Gasteiger charge is -2.61. The van der Waals surface area contributed by atoms with Crippen LogP contribution in [-0.2, 0) is 14.4 Å². The molecule has 5 heteroatoms. The van der Waals surface area contributed by atoms with Crippen LogP contribution in [0.2, 0.25) is 0 Å². The first-order valence-electron chi connectivity index (χ1n) is 14.3. The van der Waals surface area contributed by atoms with Crippen LogP contribution in [0.5, 0.6) is 0 Å². The van der Waals surface area contributed by atoms with Crippen molar-refractivity contribution in [2.75, 3.05) is 0 Å². The van der Waals surface area contributed by atoms with Gasteiger partial charge in [0.25, 0.3) is 0 Å². The Morgan fingerprint density at radius 3 is 2.24 bits per heavy atom. The molecule has 4 nitrogen and oxygen atoms in total. The lowest BCUT2D eigenvalue weighted by molar-refractivity contribution is -0.131. The first-order valence-corrected chi connectivity index (χ1v) is 14.7. The molecule has 0 amide bonds. The molecule has 3 aliphatic carbocycles. The number of Topliss-reactive ketones (excluding diaryl/α,β-unsaturated/α-hetero) is 1. The minimum atomic E-state index is -0.699. The molecule has 3 rings (SSSR count). The average molecular weight is 542 g/mol. The van der Waals surface area contributed by atoms with Crippen molar-refractivity contribution in [2.24, 2.45) is 44.3 Å². The summed E-state index contributed by atoms with van der Waals surface area (Å²) >= 11 is 6.37. The third-order valence-corrected chi connectivity index (χ3v) is 12.0. The molecular weight excluding hydrogens is 494 g/mol. The van der Waals surface area contributed by atoms with Gasteiger partial charge in [0.05, 0.1) is 5.57 Å². The average Bonchev–Trinajstić information content (AvgIpc) is 2.77. The van der Waals surface area contributed by atoms with Gasteiger partial charge in [0.1, 0.15) is 6.07 Å². The van der Waals surface area contributed by atoms with E-state index < -0.39 is 16.2 Å². The van der Waals surface area contributed by atoms with Crippen LogP contribution in [0.4, 0.5) is 0 Å². The lowest BCUT2D eigenvalue weighted by Crippen LogP contribution is -2.56. The van der Waals surface area contributed by atoms with Crippen LogP contribution in [0.3, 0.4) is 0 Å². The number of fused-ring (bicyclic) bond motifs is 1. The van der Waals surface area contributed by atoms with E-state index in [1.165, 1.54) is 0 Å². The third-order valence-electron chi connectivity index (χ3n) is 11.6. The second-order valence-electron chi connectivity index (χ2n) is 15.2. The van der Waals surface area contributed by atoms with Gasteiger partial charge in [0.15, 0.2) is 11.6 Å². The summed E-state index contributed by atoms with van der Waals surface area (Å²) in [6.07, 6.45) is 9.54. The van der Waals surface area contributed by atoms with Gasteiger partial charge in [-0.1, -0.05) is 74.0 Å². The minimum Gasteiger partial charge on any atom is -0.295 e. The van der Waals surface area contributed by atoms with Gasteiger partial charge in [-0.05, 0) is 97.6 Å². The number of carbonyl (C=O) groups excluding carboxylic acids is 3. The zero-order chi connectivity index (χ0) is 29.1. The Morgan fingerprint density at radius 2 is 1.74 bits per heavy atom. The van der Waals surface area contributed by atoms with Crippen molar-refractivity contribution in [3.63, 3.8) is 0 Å². The standard InChI is InChI=1S/C33H48ClNO3/c1-21-18-28(3,4)13-15-33(21,27(34)38)16-14-29(5,6)32(10)12-11-24-30(7,8)26(37)23(20-35)19-31(24,9)25(32)17-22(2)36/h17,19,21,24H,11-16,18H2,1-10H3/b25-17-/t21?,24-,31-,32+,33-/m0/s1. The van der Waals surface area contributed by atoms with Gasteiger partial charge >= 0.3 is 0 Å².